The summed E-state index contributed by atoms with van der Waals surface area (Å²) in [6.07, 6.45) is 2.52. The van der Waals surface area contributed by atoms with Gasteiger partial charge in [0.1, 0.15) is 0 Å². The second-order valence-corrected chi connectivity index (χ2v) is 17.4. The predicted molar refractivity (Wildman–Crippen MR) is 110 cm³/mol. The van der Waals surface area contributed by atoms with Crippen LogP contribution in [0.5, 0.6) is 0 Å². The highest BCUT2D eigenvalue weighted by molar-refractivity contribution is 6.90. The zero-order chi connectivity index (χ0) is 16.9. The van der Waals surface area contributed by atoms with Crippen LogP contribution in [0.25, 0.3) is 0 Å². The van der Waals surface area contributed by atoms with Crippen molar-refractivity contribution >= 4 is 26.5 Å². The van der Waals surface area contributed by atoms with Crippen molar-refractivity contribution in [1.82, 2.24) is 0 Å². The standard InChI is InChI=1S/C21H30Si2/c1-19(18-23(4,5)21-14-10-7-11-15-21)16-17-22(2,3)20-12-8-6-9-13-20/h6-16H,17-18H2,1-5H3. The Morgan fingerprint density at radius 2 is 1.17 bits per heavy atom. The summed E-state index contributed by atoms with van der Waals surface area (Å²) in [5.41, 5.74) is 1.57. The Morgan fingerprint density at radius 3 is 1.65 bits per heavy atom. The Hall–Kier alpha value is -1.39. The van der Waals surface area contributed by atoms with Gasteiger partial charge in [0.2, 0.25) is 0 Å². The Morgan fingerprint density at radius 1 is 0.739 bits per heavy atom. The van der Waals surface area contributed by atoms with E-state index in [0.29, 0.717) is 0 Å². The second kappa shape index (κ2) is 7.46. The highest BCUT2D eigenvalue weighted by Gasteiger charge is 2.25. The van der Waals surface area contributed by atoms with Gasteiger partial charge in [-0.2, -0.15) is 0 Å². The van der Waals surface area contributed by atoms with Crippen LogP contribution in [0.2, 0.25) is 38.3 Å². The molecule has 0 heterocycles. The number of hydrogen-bond acceptors (Lipinski definition) is 0. The van der Waals surface area contributed by atoms with E-state index in [9.17, 15) is 0 Å². The van der Waals surface area contributed by atoms with E-state index < -0.39 is 16.1 Å². The summed E-state index contributed by atoms with van der Waals surface area (Å²) in [6.45, 7) is 12.3. The maximum atomic E-state index is 2.52. The third-order valence-corrected chi connectivity index (χ3v) is 11.3. The highest BCUT2D eigenvalue weighted by atomic mass is 28.3. The third kappa shape index (κ3) is 5.05. The first-order chi connectivity index (χ1) is 10.8. The van der Waals surface area contributed by atoms with Gasteiger partial charge >= 0.3 is 0 Å². The summed E-state index contributed by atoms with van der Waals surface area (Å²) >= 11 is 0. The maximum absolute atomic E-state index is 2.52. The minimum atomic E-state index is -1.37. The molecular formula is C21H30Si2. The van der Waals surface area contributed by atoms with Crippen LogP contribution in [0.3, 0.4) is 0 Å². The zero-order valence-corrected chi connectivity index (χ0v) is 17.3. The van der Waals surface area contributed by atoms with Crippen molar-refractivity contribution in [2.75, 3.05) is 0 Å². The van der Waals surface area contributed by atoms with E-state index in [-0.39, 0.29) is 0 Å². The van der Waals surface area contributed by atoms with Gasteiger partial charge < -0.3 is 0 Å². The molecule has 0 N–H and O–H groups in total. The largest absolute Gasteiger partial charge is 0.0882 e. The van der Waals surface area contributed by atoms with Crippen molar-refractivity contribution in [1.29, 1.82) is 0 Å². The fourth-order valence-corrected chi connectivity index (χ4v) is 8.22. The van der Waals surface area contributed by atoms with Crippen LogP contribution in [-0.4, -0.2) is 16.1 Å². The molecule has 2 aromatic rings. The SMILES string of the molecule is CC(=CC[Si](C)(C)c1ccccc1)C[Si](C)(C)c1ccccc1. The first-order valence-electron chi connectivity index (χ1n) is 8.58. The normalized spacial score (nSPS) is 13.2. The first kappa shape index (κ1) is 18.0. The molecule has 0 aliphatic rings. The van der Waals surface area contributed by atoms with E-state index in [1.807, 2.05) is 0 Å². The van der Waals surface area contributed by atoms with E-state index in [2.05, 4.69) is 99.9 Å². The third-order valence-electron chi connectivity index (χ3n) is 4.79. The van der Waals surface area contributed by atoms with Gasteiger partial charge in [-0.15, -0.1) is 0 Å². The van der Waals surface area contributed by atoms with Gasteiger partial charge in [0.05, 0.1) is 16.1 Å². The first-order valence-corrected chi connectivity index (χ1v) is 15.0. The minimum Gasteiger partial charge on any atom is -0.0882 e. The summed E-state index contributed by atoms with van der Waals surface area (Å²) in [5.74, 6) is 0. The molecule has 0 bridgehead atoms. The molecule has 23 heavy (non-hydrogen) atoms. The lowest BCUT2D eigenvalue weighted by molar-refractivity contribution is 1.29. The molecule has 122 valence electrons. The van der Waals surface area contributed by atoms with Crippen LogP contribution < -0.4 is 10.4 Å². The molecule has 0 saturated heterocycles. The molecule has 0 aliphatic carbocycles. The van der Waals surface area contributed by atoms with Gasteiger partial charge in [0.25, 0.3) is 0 Å². The molecule has 0 fully saturated rings. The Bertz CT molecular complexity index is 640. The number of rotatable bonds is 6. The summed E-state index contributed by atoms with van der Waals surface area (Å²) in [7, 11) is -2.73. The molecule has 0 spiro atoms. The van der Waals surface area contributed by atoms with Crippen molar-refractivity contribution in [2.24, 2.45) is 0 Å². The van der Waals surface area contributed by atoms with Crippen LogP contribution >= 0.6 is 0 Å². The molecule has 0 nitrogen and oxygen atoms in total. The van der Waals surface area contributed by atoms with Crippen LogP contribution in [0.4, 0.5) is 0 Å². The van der Waals surface area contributed by atoms with Crippen LogP contribution in [-0.2, 0) is 0 Å². The number of allylic oxidation sites excluding steroid dienone is 2. The highest BCUT2D eigenvalue weighted by Crippen LogP contribution is 2.19. The lowest BCUT2D eigenvalue weighted by atomic mass is 10.3. The van der Waals surface area contributed by atoms with Crippen molar-refractivity contribution in [3.8, 4) is 0 Å². The Balaban J connectivity index is 2.06. The fourth-order valence-electron chi connectivity index (χ4n) is 3.20. The smallest absolute Gasteiger partial charge is 0.0845 e. The lowest BCUT2D eigenvalue weighted by Gasteiger charge is -2.25. The zero-order valence-electron chi connectivity index (χ0n) is 15.3. The Labute approximate surface area is 144 Å². The average molecular weight is 339 g/mol. The molecule has 0 radical (unpaired) electrons. The van der Waals surface area contributed by atoms with Crippen LogP contribution in [0.1, 0.15) is 6.92 Å². The fraction of sp³-hybridized carbons (Fsp3) is 0.333. The molecular weight excluding hydrogens is 308 g/mol. The van der Waals surface area contributed by atoms with Crippen molar-refractivity contribution in [3.63, 3.8) is 0 Å². The molecule has 2 rings (SSSR count). The van der Waals surface area contributed by atoms with E-state index in [0.717, 1.165) is 0 Å². The molecule has 0 atom stereocenters. The van der Waals surface area contributed by atoms with E-state index in [1.165, 1.54) is 12.1 Å². The molecule has 0 aromatic heterocycles. The number of benzene rings is 2. The van der Waals surface area contributed by atoms with E-state index in [4.69, 9.17) is 0 Å². The summed E-state index contributed by atoms with van der Waals surface area (Å²) in [4.78, 5) is 0. The molecule has 0 amide bonds. The number of hydrogen-bond donors (Lipinski definition) is 0. The van der Waals surface area contributed by atoms with Crippen LogP contribution in [0, 0.1) is 0 Å². The van der Waals surface area contributed by atoms with Crippen LogP contribution in [0.15, 0.2) is 72.3 Å². The molecule has 0 unspecified atom stereocenters. The quantitative estimate of drug-likeness (QED) is 0.504. The van der Waals surface area contributed by atoms with E-state index >= 15 is 0 Å². The van der Waals surface area contributed by atoms with E-state index in [1.54, 1.807) is 15.9 Å². The van der Waals surface area contributed by atoms with Gasteiger partial charge in [-0.1, -0.05) is 109 Å². The van der Waals surface area contributed by atoms with Crippen molar-refractivity contribution in [2.45, 2.75) is 45.2 Å². The van der Waals surface area contributed by atoms with Crippen molar-refractivity contribution in [3.05, 3.63) is 72.3 Å². The molecule has 0 aliphatic heterocycles. The van der Waals surface area contributed by atoms with Gasteiger partial charge in [-0.25, -0.2) is 0 Å². The van der Waals surface area contributed by atoms with Gasteiger partial charge in [0, 0.05) is 0 Å². The van der Waals surface area contributed by atoms with Gasteiger partial charge in [0.15, 0.2) is 0 Å². The Kier molecular flexibility index (Phi) is 5.82. The second-order valence-electron chi connectivity index (χ2n) is 7.93. The average Bonchev–Trinajstić information content (AvgIpc) is 2.54. The lowest BCUT2D eigenvalue weighted by Crippen LogP contribution is -2.42. The summed E-state index contributed by atoms with van der Waals surface area (Å²) < 4.78 is 0. The van der Waals surface area contributed by atoms with Gasteiger partial charge in [-0.05, 0) is 19.0 Å². The summed E-state index contributed by atoms with van der Waals surface area (Å²) in [6, 6.07) is 24.6. The molecule has 2 heteroatoms. The monoisotopic (exact) mass is 338 g/mol. The van der Waals surface area contributed by atoms with Gasteiger partial charge in [-0.3, -0.25) is 0 Å². The topological polar surface area (TPSA) is 0 Å². The minimum absolute atomic E-state index is 1.24. The maximum Gasteiger partial charge on any atom is 0.0845 e. The van der Waals surface area contributed by atoms with Crippen molar-refractivity contribution < 1.29 is 0 Å². The summed E-state index contributed by atoms with van der Waals surface area (Å²) in [5, 5.41) is 3.12. The molecule has 2 aromatic carbocycles. The molecule has 0 saturated carbocycles. The predicted octanol–water partition coefficient (Wildman–Crippen LogP) is 5.16.